The van der Waals surface area contributed by atoms with Crippen LogP contribution in [0.15, 0.2) is 48.5 Å². The second-order valence-corrected chi connectivity index (χ2v) is 10.0. The summed E-state index contributed by atoms with van der Waals surface area (Å²) in [6, 6.07) is 13.9. The highest BCUT2D eigenvalue weighted by atomic mass is 16.5. The Bertz CT molecular complexity index is 1060. The molecule has 34 heavy (non-hydrogen) atoms. The number of aliphatic carboxylic acids is 1. The number of aliphatic hydroxyl groups excluding tert-OH is 1. The molecule has 2 amide bonds. The van der Waals surface area contributed by atoms with Crippen LogP contribution in [-0.4, -0.2) is 64.4 Å². The number of carboxylic acids is 1. The smallest absolute Gasteiger partial charge is 0.407 e. The van der Waals surface area contributed by atoms with Crippen LogP contribution in [0.1, 0.15) is 44.2 Å². The number of nitrogens with one attached hydrogen (secondary N) is 1. The van der Waals surface area contributed by atoms with Crippen LogP contribution >= 0.6 is 0 Å². The van der Waals surface area contributed by atoms with Crippen LogP contribution in [0.3, 0.4) is 0 Å². The van der Waals surface area contributed by atoms with Crippen LogP contribution in [0.5, 0.6) is 0 Å². The van der Waals surface area contributed by atoms with E-state index in [1.165, 1.54) is 0 Å². The number of alkyl carbamates (subject to hydrolysis) is 1. The van der Waals surface area contributed by atoms with Gasteiger partial charge in [0, 0.05) is 18.9 Å². The van der Waals surface area contributed by atoms with Crippen molar-refractivity contribution in [2.45, 2.75) is 51.3 Å². The molecule has 3 atom stereocenters. The molecule has 0 bridgehead atoms. The van der Waals surface area contributed by atoms with Crippen molar-refractivity contribution in [2.75, 3.05) is 13.2 Å². The number of carbonyl (C=O) groups excluding carboxylic acids is 2. The number of rotatable bonds is 5. The third-order valence-corrected chi connectivity index (χ3v) is 6.57. The molecule has 2 aromatic rings. The molecule has 0 aromatic heterocycles. The van der Waals surface area contributed by atoms with E-state index in [1.54, 1.807) is 20.8 Å². The van der Waals surface area contributed by atoms with Gasteiger partial charge in [-0.25, -0.2) is 9.59 Å². The number of ether oxygens (including phenoxy) is 1. The minimum atomic E-state index is -1.18. The number of β-amino-alcohol motifs (C(OH)–C–C–N with tert-alkyl or cyclic N) is 1. The molecule has 8 heteroatoms. The Balaban J connectivity index is 1.48. The van der Waals surface area contributed by atoms with E-state index in [-0.39, 0.29) is 25.5 Å². The van der Waals surface area contributed by atoms with Crippen molar-refractivity contribution in [3.05, 3.63) is 59.7 Å². The molecule has 1 aliphatic heterocycles. The van der Waals surface area contributed by atoms with Crippen molar-refractivity contribution >= 4 is 18.0 Å². The Labute approximate surface area is 198 Å². The average molecular weight is 467 g/mol. The van der Waals surface area contributed by atoms with Crippen molar-refractivity contribution in [3.63, 3.8) is 0 Å². The normalized spacial score (nSPS) is 20.4. The molecule has 1 saturated heterocycles. The van der Waals surface area contributed by atoms with E-state index in [0.717, 1.165) is 27.2 Å². The summed E-state index contributed by atoms with van der Waals surface area (Å²) in [7, 11) is 0. The number of nitrogens with zero attached hydrogens (tertiary/aromatic N) is 1. The lowest BCUT2D eigenvalue weighted by Crippen LogP contribution is -2.57. The molecule has 0 radical (unpaired) electrons. The van der Waals surface area contributed by atoms with Gasteiger partial charge in [-0.15, -0.1) is 0 Å². The van der Waals surface area contributed by atoms with E-state index in [4.69, 9.17) is 4.74 Å². The molecular formula is C26H30N2O6. The molecule has 3 unspecified atom stereocenters. The zero-order valence-electron chi connectivity index (χ0n) is 19.5. The lowest BCUT2D eigenvalue weighted by Gasteiger charge is -2.34. The number of aliphatic hydroxyl groups is 1. The van der Waals surface area contributed by atoms with Gasteiger partial charge in [0.25, 0.3) is 0 Å². The number of fused-ring (bicyclic) bond motifs is 3. The average Bonchev–Trinajstić information content (AvgIpc) is 3.33. The fraction of sp³-hybridized carbons (Fsp3) is 0.423. The topological polar surface area (TPSA) is 116 Å². The summed E-state index contributed by atoms with van der Waals surface area (Å²) in [6.07, 6.45) is -1.70. The van der Waals surface area contributed by atoms with Gasteiger partial charge in [-0.05, 0) is 27.7 Å². The molecule has 4 rings (SSSR count). The van der Waals surface area contributed by atoms with Crippen LogP contribution in [-0.2, 0) is 14.3 Å². The Morgan fingerprint density at radius 1 is 1.06 bits per heavy atom. The Morgan fingerprint density at radius 3 is 2.15 bits per heavy atom. The number of likely N-dealkylation sites (tertiary alicyclic amines) is 1. The quantitative estimate of drug-likeness (QED) is 0.624. The van der Waals surface area contributed by atoms with Crippen LogP contribution < -0.4 is 5.32 Å². The number of hydrogen-bond acceptors (Lipinski definition) is 5. The molecule has 1 fully saturated rings. The highest BCUT2D eigenvalue weighted by Gasteiger charge is 2.44. The fourth-order valence-corrected chi connectivity index (χ4v) is 4.86. The summed E-state index contributed by atoms with van der Waals surface area (Å²) in [6.45, 7) is 5.35. The van der Waals surface area contributed by atoms with Gasteiger partial charge < -0.3 is 25.2 Å². The van der Waals surface area contributed by atoms with Crippen molar-refractivity contribution in [3.8, 4) is 11.1 Å². The Kier molecular flexibility index (Phi) is 6.36. The number of carbonyl (C=O) groups is 3. The first-order valence-corrected chi connectivity index (χ1v) is 11.4. The minimum Gasteiger partial charge on any atom is -0.480 e. The number of carboxylic acid groups (broad SMARTS) is 1. The highest BCUT2D eigenvalue weighted by molar-refractivity contribution is 5.90. The van der Waals surface area contributed by atoms with Crippen LogP contribution in [0.2, 0.25) is 0 Å². The van der Waals surface area contributed by atoms with Crippen LogP contribution in [0, 0.1) is 5.41 Å². The van der Waals surface area contributed by atoms with Crippen molar-refractivity contribution < 1.29 is 29.3 Å². The van der Waals surface area contributed by atoms with Gasteiger partial charge in [0.15, 0.2) is 0 Å². The van der Waals surface area contributed by atoms with E-state index in [9.17, 15) is 24.6 Å². The van der Waals surface area contributed by atoms with Crippen molar-refractivity contribution in [1.29, 1.82) is 0 Å². The Morgan fingerprint density at radius 2 is 1.62 bits per heavy atom. The monoisotopic (exact) mass is 466 g/mol. The van der Waals surface area contributed by atoms with E-state index >= 15 is 0 Å². The first-order valence-electron chi connectivity index (χ1n) is 11.4. The first-order chi connectivity index (χ1) is 16.1. The largest absolute Gasteiger partial charge is 0.480 e. The SMILES string of the molecule is CC(C)(C)C(NC(=O)OCC1c2ccccc2-c2ccccc21)C(=O)N1CC(O)CC1C(=O)O. The van der Waals surface area contributed by atoms with E-state index in [0.29, 0.717) is 0 Å². The van der Waals surface area contributed by atoms with Gasteiger partial charge in [0.1, 0.15) is 18.7 Å². The lowest BCUT2D eigenvalue weighted by molar-refractivity contribution is -0.150. The third kappa shape index (κ3) is 4.50. The zero-order valence-corrected chi connectivity index (χ0v) is 19.5. The third-order valence-electron chi connectivity index (χ3n) is 6.57. The molecular weight excluding hydrogens is 436 g/mol. The summed E-state index contributed by atoms with van der Waals surface area (Å²) >= 11 is 0. The van der Waals surface area contributed by atoms with Gasteiger partial charge in [-0.1, -0.05) is 69.3 Å². The van der Waals surface area contributed by atoms with Crippen molar-refractivity contribution in [1.82, 2.24) is 10.2 Å². The van der Waals surface area contributed by atoms with Crippen molar-refractivity contribution in [2.24, 2.45) is 5.41 Å². The molecule has 2 aromatic carbocycles. The molecule has 0 spiro atoms. The standard InChI is InChI=1S/C26H30N2O6/c1-26(2,3)22(23(30)28-13-15(29)12-21(28)24(31)32)27-25(33)34-14-20-18-10-6-4-8-16(18)17-9-5-7-11-19(17)20/h4-11,15,20-22,29H,12-14H2,1-3H3,(H,27,33)(H,31,32). The van der Waals surface area contributed by atoms with E-state index in [2.05, 4.69) is 5.32 Å². The minimum absolute atomic E-state index is 0.0388. The van der Waals surface area contributed by atoms with Crippen LogP contribution in [0.4, 0.5) is 4.79 Å². The van der Waals surface area contributed by atoms with Gasteiger partial charge in [-0.2, -0.15) is 0 Å². The zero-order chi connectivity index (χ0) is 24.6. The van der Waals surface area contributed by atoms with Crippen LogP contribution in [0.25, 0.3) is 11.1 Å². The van der Waals surface area contributed by atoms with Gasteiger partial charge >= 0.3 is 12.1 Å². The molecule has 8 nitrogen and oxygen atoms in total. The number of benzene rings is 2. The maximum atomic E-state index is 13.3. The summed E-state index contributed by atoms with van der Waals surface area (Å²) in [4.78, 5) is 38.8. The molecule has 2 aliphatic rings. The number of amides is 2. The maximum absolute atomic E-state index is 13.3. The molecule has 1 aliphatic carbocycles. The number of hydrogen-bond donors (Lipinski definition) is 3. The van der Waals surface area contributed by atoms with E-state index in [1.807, 2.05) is 48.5 Å². The molecule has 1 heterocycles. The summed E-state index contributed by atoms with van der Waals surface area (Å²) < 4.78 is 5.59. The second kappa shape index (κ2) is 9.10. The Hall–Kier alpha value is -3.39. The summed E-state index contributed by atoms with van der Waals surface area (Å²) in [5, 5.41) is 22.0. The first kappa shape index (κ1) is 23.8. The fourth-order valence-electron chi connectivity index (χ4n) is 4.86. The lowest BCUT2D eigenvalue weighted by atomic mass is 9.85. The van der Waals surface area contributed by atoms with Gasteiger partial charge in [-0.3, -0.25) is 4.79 Å². The maximum Gasteiger partial charge on any atom is 0.407 e. The molecule has 3 N–H and O–H groups in total. The van der Waals surface area contributed by atoms with Gasteiger partial charge in [0.05, 0.1) is 6.10 Å². The van der Waals surface area contributed by atoms with Gasteiger partial charge in [0.2, 0.25) is 5.91 Å². The molecule has 0 saturated carbocycles. The second-order valence-electron chi connectivity index (χ2n) is 10.0. The molecule has 180 valence electrons. The predicted octanol–water partition coefficient (Wildman–Crippen LogP) is 2.99. The van der Waals surface area contributed by atoms with E-state index < -0.39 is 41.6 Å². The summed E-state index contributed by atoms with van der Waals surface area (Å²) in [5.74, 6) is -1.85. The highest BCUT2D eigenvalue weighted by Crippen LogP contribution is 2.44. The predicted molar refractivity (Wildman–Crippen MR) is 125 cm³/mol. The summed E-state index contributed by atoms with van der Waals surface area (Å²) in [5.41, 5.74) is 3.68.